The smallest absolute Gasteiger partial charge is 0.297 e. The first kappa shape index (κ1) is 19.2. The van der Waals surface area contributed by atoms with Gasteiger partial charge in [0.1, 0.15) is 18.6 Å². The topological polar surface area (TPSA) is 67.4 Å². The molecule has 0 aliphatic carbocycles. The summed E-state index contributed by atoms with van der Waals surface area (Å²) in [4.78, 5) is 21.0. The molecule has 3 aromatic rings. The molecule has 1 aliphatic rings. The molecule has 1 saturated heterocycles. The summed E-state index contributed by atoms with van der Waals surface area (Å²) < 4.78 is 20.7. The summed E-state index contributed by atoms with van der Waals surface area (Å²) in [7, 11) is 0. The van der Waals surface area contributed by atoms with Crippen LogP contribution in [0.3, 0.4) is 0 Å². The lowest BCUT2D eigenvalue weighted by molar-refractivity contribution is -0.132. The number of halogens is 1. The molecule has 2 aromatic heterocycles. The van der Waals surface area contributed by atoms with Gasteiger partial charge in [-0.2, -0.15) is 10.1 Å². The number of piperazine rings is 1. The predicted molar refractivity (Wildman–Crippen MR) is 107 cm³/mol. The van der Waals surface area contributed by atoms with Crippen molar-refractivity contribution in [3.8, 4) is 11.3 Å². The molecule has 0 radical (unpaired) electrons. The normalized spacial score (nSPS) is 14.5. The number of hydrogen-bond donors (Lipinski definition) is 0. The van der Waals surface area contributed by atoms with Crippen molar-refractivity contribution in [3.63, 3.8) is 0 Å². The number of amides is 1. The van der Waals surface area contributed by atoms with E-state index in [4.69, 9.17) is 4.42 Å². The van der Waals surface area contributed by atoms with Gasteiger partial charge in [-0.1, -0.05) is 0 Å². The zero-order valence-electron chi connectivity index (χ0n) is 16.9. The molecule has 0 atom stereocenters. The summed E-state index contributed by atoms with van der Waals surface area (Å²) in [5.74, 6) is -0.208. The first-order valence-electron chi connectivity index (χ1n) is 9.66. The molecule has 1 aromatic carbocycles. The van der Waals surface area contributed by atoms with Crippen LogP contribution in [0.25, 0.3) is 11.3 Å². The second kappa shape index (κ2) is 7.69. The first-order chi connectivity index (χ1) is 13.9. The number of benzene rings is 1. The zero-order chi connectivity index (χ0) is 20.5. The van der Waals surface area contributed by atoms with Crippen molar-refractivity contribution in [2.24, 2.45) is 0 Å². The highest BCUT2D eigenvalue weighted by atomic mass is 19.1. The first-order valence-corrected chi connectivity index (χ1v) is 9.66. The number of rotatable bonds is 4. The average Bonchev–Trinajstić information content (AvgIpc) is 3.30. The zero-order valence-corrected chi connectivity index (χ0v) is 16.9. The van der Waals surface area contributed by atoms with Gasteiger partial charge < -0.3 is 14.2 Å². The van der Waals surface area contributed by atoms with E-state index in [1.54, 1.807) is 30.0 Å². The number of carbonyl (C=O) groups excluding carboxylic acids is 1. The minimum absolute atomic E-state index is 0.0290. The average molecular weight is 397 g/mol. The maximum absolute atomic E-state index is 13.5. The SMILES string of the molecule is Cc1coc(N2CCN(C(=O)Cn3nc(-c4ccc(F)c(C)c4)cc3C)CC2)n1. The third-order valence-electron chi connectivity index (χ3n) is 5.23. The Morgan fingerprint density at radius 2 is 1.90 bits per heavy atom. The van der Waals surface area contributed by atoms with E-state index in [2.05, 4.69) is 10.1 Å². The fourth-order valence-electron chi connectivity index (χ4n) is 3.48. The van der Waals surface area contributed by atoms with E-state index in [9.17, 15) is 9.18 Å². The monoisotopic (exact) mass is 397 g/mol. The Balaban J connectivity index is 1.40. The second-order valence-corrected chi connectivity index (χ2v) is 7.43. The maximum Gasteiger partial charge on any atom is 0.297 e. The van der Waals surface area contributed by atoms with Gasteiger partial charge in [0.25, 0.3) is 6.01 Å². The molecule has 0 N–H and O–H groups in total. The largest absolute Gasteiger partial charge is 0.432 e. The molecule has 152 valence electrons. The molecule has 1 aliphatic heterocycles. The fourth-order valence-corrected chi connectivity index (χ4v) is 3.48. The summed E-state index contributed by atoms with van der Waals surface area (Å²) in [6, 6.07) is 7.45. The Morgan fingerprint density at radius 3 is 2.55 bits per heavy atom. The van der Waals surface area contributed by atoms with Gasteiger partial charge in [-0.05, 0) is 50.6 Å². The molecular formula is C21H24FN5O2. The van der Waals surface area contributed by atoms with E-state index >= 15 is 0 Å². The van der Waals surface area contributed by atoms with Crippen molar-refractivity contribution in [3.05, 3.63) is 53.3 Å². The molecule has 1 fully saturated rings. The highest BCUT2D eigenvalue weighted by Gasteiger charge is 2.24. The summed E-state index contributed by atoms with van der Waals surface area (Å²) in [5, 5.41) is 4.56. The van der Waals surface area contributed by atoms with Crippen molar-refractivity contribution < 1.29 is 13.6 Å². The quantitative estimate of drug-likeness (QED) is 0.677. The number of nitrogens with zero attached hydrogens (tertiary/aromatic N) is 5. The predicted octanol–water partition coefficient (Wildman–Crippen LogP) is 2.95. The molecule has 8 heteroatoms. The molecule has 0 saturated carbocycles. The van der Waals surface area contributed by atoms with Crippen LogP contribution in [0.4, 0.5) is 10.4 Å². The van der Waals surface area contributed by atoms with Gasteiger partial charge in [-0.15, -0.1) is 0 Å². The summed E-state index contributed by atoms with van der Waals surface area (Å²) in [6.07, 6.45) is 1.63. The summed E-state index contributed by atoms with van der Waals surface area (Å²) in [6.45, 7) is 8.32. The van der Waals surface area contributed by atoms with E-state index in [0.29, 0.717) is 37.8 Å². The van der Waals surface area contributed by atoms with Crippen molar-refractivity contribution in [1.29, 1.82) is 0 Å². The van der Waals surface area contributed by atoms with Gasteiger partial charge in [-0.25, -0.2) is 4.39 Å². The lowest BCUT2D eigenvalue weighted by Gasteiger charge is -2.33. The van der Waals surface area contributed by atoms with Gasteiger partial charge >= 0.3 is 0 Å². The molecule has 0 spiro atoms. The van der Waals surface area contributed by atoms with Crippen molar-refractivity contribution >= 4 is 11.9 Å². The van der Waals surface area contributed by atoms with Crippen molar-refractivity contribution in [2.75, 3.05) is 31.1 Å². The van der Waals surface area contributed by atoms with Crippen LogP contribution in [0.5, 0.6) is 0 Å². The number of oxazole rings is 1. The van der Waals surface area contributed by atoms with Gasteiger partial charge in [0, 0.05) is 37.4 Å². The fraction of sp³-hybridized carbons (Fsp3) is 0.381. The second-order valence-electron chi connectivity index (χ2n) is 7.43. The van der Waals surface area contributed by atoms with E-state index in [-0.39, 0.29) is 18.3 Å². The van der Waals surface area contributed by atoms with Crippen LogP contribution >= 0.6 is 0 Å². The highest BCUT2D eigenvalue weighted by molar-refractivity contribution is 5.76. The summed E-state index contributed by atoms with van der Waals surface area (Å²) >= 11 is 0. The Hall–Kier alpha value is -3.16. The number of aromatic nitrogens is 3. The number of hydrogen-bond acceptors (Lipinski definition) is 5. The molecule has 3 heterocycles. The van der Waals surface area contributed by atoms with Crippen LogP contribution in [0, 0.1) is 26.6 Å². The van der Waals surface area contributed by atoms with Crippen LogP contribution in [-0.2, 0) is 11.3 Å². The maximum atomic E-state index is 13.5. The van der Waals surface area contributed by atoms with Crippen LogP contribution in [0.2, 0.25) is 0 Å². The number of carbonyl (C=O) groups is 1. The Morgan fingerprint density at radius 1 is 1.14 bits per heavy atom. The van der Waals surface area contributed by atoms with Crippen molar-refractivity contribution in [1.82, 2.24) is 19.7 Å². The van der Waals surface area contributed by atoms with Gasteiger partial charge in [0.05, 0.1) is 11.4 Å². The van der Waals surface area contributed by atoms with Gasteiger partial charge in [0.2, 0.25) is 5.91 Å². The van der Waals surface area contributed by atoms with Gasteiger partial charge in [-0.3, -0.25) is 9.48 Å². The molecule has 4 rings (SSSR count). The third-order valence-corrected chi connectivity index (χ3v) is 5.23. The molecular weight excluding hydrogens is 373 g/mol. The van der Waals surface area contributed by atoms with Crippen molar-refractivity contribution in [2.45, 2.75) is 27.3 Å². The standard InChI is InChI=1S/C21H24FN5O2/c1-14-10-17(4-5-18(14)22)19-11-16(3)27(24-19)12-20(28)25-6-8-26(9-7-25)21-23-15(2)13-29-21/h4-5,10-11,13H,6-9,12H2,1-3H3. The van der Waals surface area contributed by atoms with Crippen LogP contribution in [0.1, 0.15) is 17.0 Å². The lowest BCUT2D eigenvalue weighted by atomic mass is 10.1. The molecule has 0 unspecified atom stereocenters. The molecule has 1 amide bonds. The minimum atomic E-state index is -0.237. The minimum Gasteiger partial charge on any atom is -0.432 e. The van der Waals surface area contributed by atoms with E-state index in [1.165, 1.54) is 6.07 Å². The lowest BCUT2D eigenvalue weighted by Crippen LogP contribution is -2.49. The van der Waals surface area contributed by atoms with Crippen LogP contribution in [-0.4, -0.2) is 51.8 Å². The Kier molecular flexibility index (Phi) is 5.08. The van der Waals surface area contributed by atoms with Gasteiger partial charge in [0.15, 0.2) is 0 Å². The molecule has 29 heavy (non-hydrogen) atoms. The number of anilines is 1. The molecule has 0 bridgehead atoms. The Bertz CT molecular complexity index is 1030. The third kappa shape index (κ3) is 4.01. The summed E-state index contributed by atoms with van der Waals surface area (Å²) in [5.41, 5.74) is 3.89. The highest BCUT2D eigenvalue weighted by Crippen LogP contribution is 2.22. The van der Waals surface area contributed by atoms with E-state index < -0.39 is 0 Å². The molecule has 7 nitrogen and oxygen atoms in total. The van der Waals surface area contributed by atoms with E-state index in [1.807, 2.05) is 29.7 Å². The Labute approximate surface area is 168 Å². The van der Waals surface area contributed by atoms with Crippen LogP contribution < -0.4 is 4.90 Å². The van der Waals surface area contributed by atoms with E-state index in [0.717, 1.165) is 22.6 Å². The van der Waals surface area contributed by atoms with Crippen LogP contribution in [0.15, 0.2) is 34.9 Å². The number of aryl methyl sites for hydroxylation is 3.